The molecule has 3 aromatic rings. The molecule has 0 aliphatic heterocycles. The molecule has 0 fully saturated rings. The largest absolute Gasteiger partial charge is 0.501 e. The molecule has 1 unspecified atom stereocenters. The van der Waals surface area contributed by atoms with E-state index in [9.17, 15) is 34.8 Å². The molecule has 0 saturated heterocycles. The van der Waals surface area contributed by atoms with E-state index in [4.69, 9.17) is 0 Å². The molecule has 0 radical (unpaired) electrons. The number of amides is 1. The number of rotatable bonds is 9. The second kappa shape index (κ2) is 11.2. The van der Waals surface area contributed by atoms with Crippen molar-refractivity contribution in [3.63, 3.8) is 0 Å². The monoisotopic (exact) mass is 572 g/mol. The Morgan fingerprint density at radius 3 is 2.16 bits per heavy atom. The molecule has 2 N–H and O–H groups in total. The van der Waals surface area contributed by atoms with Crippen LogP contribution in [-0.4, -0.2) is 40.0 Å². The molecule has 0 aliphatic carbocycles. The van der Waals surface area contributed by atoms with E-state index in [-0.39, 0.29) is 5.56 Å². The van der Waals surface area contributed by atoms with Gasteiger partial charge in [-0.2, -0.15) is 13.2 Å². The van der Waals surface area contributed by atoms with Crippen LogP contribution in [0.5, 0.6) is 0 Å². The minimum atomic E-state index is -5.93. The summed E-state index contributed by atoms with van der Waals surface area (Å²) < 4.78 is 92.4. The fourth-order valence-corrected chi connectivity index (χ4v) is 6.02. The fraction of sp³-hybridized carbons (Fsp3) is 0.208. The smallest absolute Gasteiger partial charge is 0.381 e. The number of sulfonamides is 1. The van der Waals surface area contributed by atoms with Gasteiger partial charge >= 0.3 is 5.51 Å². The lowest BCUT2D eigenvalue weighted by Gasteiger charge is -2.20. The van der Waals surface area contributed by atoms with Gasteiger partial charge in [-0.1, -0.05) is 35.9 Å². The first kappa shape index (κ1) is 28.5. The van der Waals surface area contributed by atoms with E-state index in [0.717, 1.165) is 22.6 Å². The summed E-state index contributed by atoms with van der Waals surface area (Å²) in [6.07, 6.45) is 0. The maximum Gasteiger partial charge on any atom is 0.501 e. The number of carbonyl (C=O) groups excluding carboxylic acids is 1. The zero-order valence-electron chi connectivity index (χ0n) is 19.6. The Morgan fingerprint density at radius 1 is 0.946 bits per heavy atom. The summed E-state index contributed by atoms with van der Waals surface area (Å²) in [7, 11) is -10.6. The third-order valence-corrected chi connectivity index (χ3v) is 9.17. The SMILES string of the molecule is Cc1ccc(C(=O)NS(=O)(=O)c2ccc(NC(C)CSc3ccccc3)c(S(=O)(=O)C(F)(F)F)c2)cc1. The highest BCUT2D eigenvalue weighted by molar-refractivity contribution is 7.99. The van der Waals surface area contributed by atoms with Crippen LogP contribution in [0, 0.1) is 6.92 Å². The van der Waals surface area contributed by atoms with Crippen molar-refractivity contribution < 1.29 is 34.8 Å². The third kappa shape index (κ3) is 7.05. The summed E-state index contributed by atoms with van der Waals surface area (Å²) in [5.41, 5.74) is -5.28. The summed E-state index contributed by atoms with van der Waals surface area (Å²) in [4.78, 5) is 11.2. The van der Waals surface area contributed by atoms with Crippen molar-refractivity contribution in [2.75, 3.05) is 11.1 Å². The maximum absolute atomic E-state index is 13.5. The van der Waals surface area contributed by atoms with E-state index in [0.29, 0.717) is 11.8 Å². The first-order valence-corrected chi connectivity index (χ1v) is 14.7. The van der Waals surface area contributed by atoms with Crippen LogP contribution in [0.3, 0.4) is 0 Å². The molecule has 1 atom stereocenters. The molecule has 3 rings (SSSR count). The molecule has 0 bridgehead atoms. The molecule has 0 aromatic heterocycles. The number of hydrogen-bond acceptors (Lipinski definition) is 7. The van der Waals surface area contributed by atoms with Crippen molar-refractivity contribution >= 4 is 43.2 Å². The van der Waals surface area contributed by atoms with Gasteiger partial charge in [0, 0.05) is 22.3 Å². The Morgan fingerprint density at radius 2 is 1.57 bits per heavy atom. The summed E-state index contributed by atoms with van der Waals surface area (Å²) in [5, 5.41) is 2.73. The van der Waals surface area contributed by atoms with Crippen LogP contribution < -0.4 is 10.0 Å². The summed E-state index contributed by atoms with van der Waals surface area (Å²) in [6, 6.07) is 16.9. The number of carbonyl (C=O) groups is 1. The van der Waals surface area contributed by atoms with E-state index in [2.05, 4.69) is 5.32 Å². The number of nitrogens with one attached hydrogen (secondary N) is 2. The first-order valence-electron chi connectivity index (χ1n) is 10.7. The second-order valence-corrected chi connectivity index (χ2v) is 12.8. The summed E-state index contributed by atoms with van der Waals surface area (Å²) in [5.74, 6) is -0.642. The van der Waals surface area contributed by atoms with Crippen molar-refractivity contribution in [2.24, 2.45) is 0 Å². The van der Waals surface area contributed by atoms with Crippen molar-refractivity contribution in [2.45, 2.75) is 40.1 Å². The molecular weight excluding hydrogens is 549 g/mol. The normalized spacial score (nSPS) is 13.1. The van der Waals surface area contributed by atoms with Gasteiger partial charge in [0.2, 0.25) is 0 Å². The lowest BCUT2D eigenvalue weighted by molar-refractivity contribution is -0.0435. The standard InChI is InChI=1S/C24H23F3N2O5S3/c1-16-8-10-18(11-9-16)23(30)29-37(33,34)20-12-13-21(22(14-20)36(31,32)24(25,26)27)28-17(2)15-35-19-6-4-3-5-7-19/h3-14,17,28H,15H2,1-2H3,(H,29,30). The number of alkyl halides is 3. The highest BCUT2D eigenvalue weighted by Crippen LogP contribution is 2.36. The summed E-state index contributed by atoms with van der Waals surface area (Å²) in [6.45, 7) is 3.41. The topological polar surface area (TPSA) is 109 Å². The fourth-order valence-electron chi connectivity index (χ4n) is 3.13. The van der Waals surface area contributed by atoms with Gasteiger partial charge in [0.15, 0.2) is 0 Å². The molecule has 0 saturated carbocycles. The first-order chi connectivity index (χ1) is 17.2. The average molecular weight is 573 g/mol. The minimum Gasteiger partial charge on any atom is -0.381 e. The van der Waals surface area contributed by atoms with Gasteiger partial charge in [-0.05, 0) is 56.3 Å². The predicted molar refractivity (Wildman–Crippen MR) is 136 cm³/mol. The van der Waals surface area contributed by atoms with E-state index < -0.39 is 52.8 Å². The molecule has 13 heteroatoms. The van der Waals surface area contributed by atoms with Gasteiger partial charge < -0.3 is 5.32 Å². The van der Waals surface area contributed by atoms with Crippen LogP contribution in [0.1, 0.15) is 22.8 Å². The maximum atomic E-state index is 13.5. The predicted octanol–water partition coefficient (Wildman–Crippen LogP) is 5.00. The zero-order chi connectivity index (χ0) is 27.4. The molecular formula is C24H23F3N2O5S3. The van der Waals surface area contributed by atoms with Gasteiger partial charge in [-0.3, -0.25) is 4.79 Å². The number of halogens is 3. The highest BCUT2D eigenvalue weighted by Gasteiger charge is 2.48. The highest BCUT2D eigenvalue weighted by atomic mass is 32.2. The molecule has 1 amide bonds. The second-order valence-electron chi connectivity index (χ2n) is 8.08. The van der Waals surface area contributed by atoms with E-state index in [1.807, 2.05) is 30.3 Å². The van der Waals surface area contributed by atoms with E-state index in [1.54, 1.807) is 30.7 Å². The van der Waals surface area contributed by atoms with E-state index >= 15 is 0 Å². The quantitative estimate of drug-likeness (QED) is 0.347. The van der Waals surface area contributed by atoms with Crippen molar-refractivity contribution in [3.05, 3.63) is 83.9 Å². The Hall–Kier alpha value is -3.03. The van der Waals surface area contributed by atoms with Gasteiger partial charge in [-0.25, -0.2) is 21.6 Å². The number of aryl methyl sites for hydroxylation is 1. The van der Waals surface area contributed by atoms with Gasteiger partial charge in [0.1, 0.15) is 4.90 Å². The lowest BCUT2D eigenvalue weighted by Crippen LogP contribution is -2.31. The Labute approximate surface area is 217 Å². The number of benzene rings is 3. The van der Waals surface area contributed by atoms with Crippen LogP contribution in [-0.2, 0) is 19.9 Å². The minimum absolute atomic E-state index is 0.000314. The van der Waals surface area contributed by atoms with Gasteiger partial charge in [0.25, 0.3) is 25.8 Å². The molecule has 3 aromatic carbocycles. The third-order valence-electron chi connectivity index (χ3n) is 5.04. The Bertz CT molecular complexity index is 1480. The molecule has 37 heavy (non-hydrogen) atoms. The van der Waals surface area contributed by atoms with Crippen LogP contribution in [0.4, 0.5) is 18.9 Å². The zero-order valence-corrected chi connectivity index (χ0v) is 22.1. The number of anilines is 1. The Balaban J connectivity index is 1.91. The molecule has 0 aliphatic rings. The average Bonchev–Trinajstić information content (AvgIpc) is 2.83. The van der Waals surface area contributed by atoms with Gasteiger partial charge in [0.05, 0.1) is 10.6 Å². The van der Waals surface area contributed by atoms with Gasteiger partial charge in [-0.15, -0.1) is 11.8 Å². The van der Waals surface area contributed by atoms with Crippen LogP contribution >= 0.6 is 11.8 Å². The Kier molecular flexibility index (Phi) is 8.60. The van der Waals surface area contributed by atoms with Crippen molar-refractivity contribution in [1.29, 1.82) is 0 Å². The van der Waals surface area contributed by atoms with Crippen molar-refractivity contribution in [1.82, 2.24) is 4.72 Å². The molecule has 198 valence electrons. The van der Waals surface area contributed by atoms with Crippen molar-refractivity contribution in [3.8, 4) is 0 Å². The van der Waals surface area contributed by atoms with E-state index in [1.165, 1.54) is 23.9 Å². The molecule has 0 spiro atoms. The molecule has 7 nitrogen and oxygen atoms in total. The number of thioether (sulfide) groups is 1. The molecule has 0 heterocycles. The number of sulfone groups is 1. The summed E-state index contributed by atoms with van der Waals surface area (Å²) >= 11 is 1.40. The number of hydrogen-bond donors (Lipinski definition) is 2. The van der Waals surface area contributed by atoms with Crippen LogP contribution in [0.2, 0.25) is 0 Å². The van der Waals surface area contributed by atoms with Crippen LogP contribution in [0.15, 0.2) is 87.5 Å². The van der Waals surface area contributed by atoms with Crippen LogP contribution in [0.25, 0.3) is 0 Å². The lowest BCUT2D eigenvalue weighted by atomic mass is 10.1.